The second-order valence-corrected chi connectivity index (χ2v) is 5.83. The molecule has 4 heteroatoms. The van der Waals surface area contributed by atoms with Crippen molar-refractivity contribution in [1.82, 2.24) is 0 Å². The molecule has 0 spiro atoms. The molecule has 0 heterocycles. The number of hydrogen-bond donors (Lipinski definition) is 2. The Morgan fingerprint density at radius 1 is 1.35 bits per heavy atom. The maximum absolute atomic E-state index is 11.9. The minimum absolute atomic E-state index is 0.104. The van der Waals surface area contributed by atoms with Crippen LogP contribution in [0.3, 0.4) is 0 Å². The van der Waals surface area contributed by atoms with Crippen LogP contribution in [-0.4, -0.2) is 18.6 Å². The molecule has 0 radical (unpaired) electrons. The molecule has 1 fully saturated rings. The van der Waals surface area contributed by atoms with E-state index in [0.29, 0.717) is 11.4 Å². The van der Waals surface area contributed by atoms with Gasteiger partial charge in [-0.2, -0.15) is 0 Å². The third-order valence-electron chi connectivity index (χ3n) is 3.89. The molecule has 2 rings (SSSR count). The Labute approximate surface area is 120 Å². The first-order valence-electron chi connectivity index (χ1n) is 7.32. The highest BCUT2D eigenvalue weighted by atomic mass is 16.5. The van der Waals surface area contributed by atoms with Gasteiger partial charge in [-0.15, -0.1) is 0 Å². The fourth-order valence-electron chi connectivity index (χ4n) is 2.57. The summed E-state index contributed by atoms with van der Waals surface area (Å²) in [5.74, 6) is 0.648. The van der Waals surface area contributed by atoms with Crippen molar-refractivity contribution in [3.63, 3.8) is 0 Å². The molecule has 1 amide bonds. The van der Waals surface area contributed by atoms with Crippen molar-refractivity contribution in [2.75, 3.05) is 17.7 Å². The molecule has 0 bridgehead atoms. The van der Waals surface area contributed by atoms with Crippen molar-refractivity contribution in [2.45, 2.75) is 45.6 Å². The molecule has 20 heavy (non-hydrogen) atoms. The van der Waals surface area contributed by atoms with Gasteiger partial charge in [0, 0.05) is 0 Å². The van der Waals surface area contributed by atoms with Crippen LogP contribution in [0.25, 0.3) is 0 Å². The zero-order chi connectivity index (χ0) is 14.5. The minimum Gasteiger partial charge on any atom is -0.397 e. The average molecular weight is 276 g/mol. The van der Waals surface area contributed by atoms with Crippen molar-refractivity contribution in [2.24, 2.45) is 5.92 Å². The van der Waals surface area contributed by atoms with Crippen molar-refractivity contribution < 1.29 is 9.53 Å². The standard InChI is InChI=1S/C16H24N2O2/c1-11-3-6-13(7-4-11)20-10-16(19)18-15-8-5-12(2)9-14(15)17/h5,8-9,11,13H,3-4,6-7,10,17H2,1-2H3,(H,18,19). The Bertz CT molecular complexity index is 466. The van der Waals surface area contributed by atoms with Crippen molar-refractivity contribution in [3.05, 3.63) is 23.8 Å². The van der Waals surface area contributed by atoms with E-state index in [9.17, 15) is 4.79 Å². The molecule has 0 atom stereocenters. The summed E-state index contributed by atoms with van der Waals surface area (Å²) in [5, 5.41) is 2.80. The quantitative estimate of drug-likeness (QED) is 0.830. The van der Waals surface area contributed by atoms with Gasteiger partial charge in [-0.1, -0.05) is 13.0 Å². The van der Waals surface area contributed by atoms with Gasteiger partial charge in [0.2, 0.25) is 5.91 Å². The fourth-order valence-corrected chi connectivity index (χ4v) is 2.57. The van der Waals surface area contributed by atoms with Crippen molar-refractivity contribution in [1.29, 1.82) is 0 Å². The number of hydrogen-bond acceptors (Lipinski definition) is 3. The van der Waals surface area contributed by atoms with Gasteiger partial charge in [0.25, 0.3) is 0 Å². The lowest BCUT2D eigenvalue weighted by molar-refractivity contribution is -0.123. The molecule has 0 saturated heterocycles. The zero-order valence-electron chi connectivity index (χ0n) is 12.3. The maximum Gasteiger partial charge on any atom is 0.250 e. The second kappa shape index (κ2) is 6.75. The Hall–Kier alpha value is -1.55. The van der Waals surface area contributed by atoms with E-state index in [2.05, 4.69) is 12.2 Å². The average Bonchev–Trinajstić information content (AvgIpc) is 2.41. The predicted molar refractivity (Wildman–Crippen MR) is 81.6 cm³/mol. The van der Waals surface area contributed by atoms with E-state index in [1.807, 2.05) is 25.1 Å². The summed E-state index contributed by atoms with van der Waals surface area (Å²) >= 11 is 0. The lowest BCUT2D eigenvalue weighted by Gasteiger charge is -2.26. The number of carbonyl (C=O) groups excluding carboxylic acids is 1. The van der Waals surface area contributed by atoms with Gasteiger partial charge in [-0.3, -0.25) is 4.79 Å². The van der Waals surface area contributed by atoms with Gasteiger partial charge in [0.05, 0.1) is 17.5 Å². The Kier molecular flexibility index (Phi) is 5.01. The third-order valence-corrected chi connectivity index (χ3v) is 3.89. The normalized spacial score (nSPS) is 22.5. The zero-order valence-corrected chi connectivity index (χ0v) is 12.3. The molecule has 0 unspecified atom stereocenters. The molecule has 1 aliphatic rings. The maximum atomic E-state index is 11.9. The van der Waals surface area contributed by atoms with E-state index in [4.69, 9.17) is 10.5 Å². The summed E-state index contributed by atoms with van der Waals surface area (Å²) in [6.07, 6.45) is 4.73. The number of nitrogens with two attached hydrogens (primary N) is 1. The summed E-state index contributed by atoms with van der Waals surface area (Å²) in [7, 11) is 0. The highest BCUT2D eigenvalue weighted by molar-refractivity contribution is 5.94. The van der Waals surface area contributed by atoms with Gasteiger partial charge in [0.15, 0.2) is 0 Å². The lowest BCUT2D eigenvalue weighted by Crippen LogP contribution is -2.26. The first-order valence-corrected chi connectivity index (χ1v) is 7.32. The first kappa shape index (κ1) is 14.9. The summed E-state index contributed by atoms with van der Waals surface area (Å²) in [6.45, 7) is 4.34. The number of ether oxygens (including phenoxy) is 1. The summed E-state index contributed by atoms with van der Waals surface area (Å²) in [4.78, 5) is 11.9. The van der Waals surface area contributed by atoms with E-state index < -0.39 is 0 Å². The molecule has 0 aromatic heterocycles. The highest BCUT2D eigenvalue weighted by Gasteiger charge is 2.19. The van der Waals surface area contributed by atoms with Crippen LogP contribution in [0, 0.1) is 12.8 Å². The van der Waals surface area contributed by atoms with Gasteiger partial charge in [0.1, 0.15) is 6.61 Å². The summed E-state index contributed by atoms with van der Waals surface area (Å²) in [5.41, 5.74) is 8.19. The van der Waals surface area contributed by atoms with E-state index in [-0.39, 0.29) is 18.6 Å². The van der Waals surface area contributed by atoms with Crippen LogP contribution in [0.5, 0.6) is 0 Å². The van der Waals surface area contributed by atoms with Crippen LogP contribution in [0.15, 0.2) is 18.2 Å². The van der Waals surface area contributed by atoms with Gasteiger partial charge in [-0.05, 0) is 56.2 Å². The molecule has 4 nitrogen and oxygen atoms in total. The van der Waals surface area contributed by atoms with Crippen LogP contribution in [-0.2, 0) is 9.53 Å². The first-order chi connectivity index (χ1) is 9.54. The lowest BCUT2D eigenvalue weighted by atomic mass is 9.89. The number of benzene rings is 1. The van der Waals surface area contributed by atoms with Crippen molar-refractivity contribution in [3.8, 4) is 0 Å². The van der Waals surface area contributed by atoms with Gasteiger partial charge >= 0.3 is 0 Å². The minimum atomic E-state index is -0.140. The van der Waals surface area contributed by atoms with Gasteiger partial charge < -0.3 is 15.8 Å². The predicted octanol–water partition coefficient (Wildman–Crippen LogP) is 3.11. The van der Waals surface area contributed by atoms with Crippen LogP contribution in [0.1, 0.15) is 38.2 Å². The van der Waals surface area contributed by atoms with E-state index in [0.717, 1.165) is 24.3 Å². The summed E-state index contributed by atoms with van der Waals surface area (Å²) < 4.78 is 5.68. The number of nitrogen functional groups attached to an aromatic ring is 1. The molecule has 1 aromatic carbocycles. The largest absolute Gasteiger partial charge is 0.397 e. The monoisotopic (exact) mass is 276 g/mol. The van der Waals surface area contributed by atoms with E-state index >= 15 is 0 Å². The van der Waals surface area contributed by atoms with Crippen LogP contribution in [0.4, 0.5) is 11.4 Å². The fraction of sp³-hybridized carbons (Fsp3) is 0.562. The molecule has 0 aliphatic heterocycles. The molecular weight excluding hydrogens is 252 g/mol. The molecule has 3 N–H and O–H groups in total. The van der Waals surface area contributed by atoms with E-state index in [1.165, 1.54) is 12.8 Å². The number of anilines is 2. The third kappa shape index (κ3) is 4.23. The SMILES string of the molecule is Cc1ccc(NC(=O)COC2CCC(C)CC2)c(N)c1. The molecule has 110 valence electrons. The molecular formula is C16H24N2O2. The topological polar surface area (TPSA) is 64.3 Å². The number of carbonyl (C=O) groups is 1. The van der Waals surface area contributed by atoms with Crippen LogP contribution >= 0.6 is 0 Å². The molecule has 1 aliphatic carbocycles. The summed E-state index contributed by atoms with van der Waals surface area (Å²) in [6, 6.07) is 5.60. The highest BCUT2D eigenvalue weighted by Crippen LogP contribution is 2.25. The molecule has 1 aromatic rings. The Morgan fingerprint density at radius 3 is 2.70 bits per heavy atom. The smallest absolute Gasteiger partial charge is 0.250 e. The Morgan fingerprint density at radius 2 is 2.05 bits per heavy atom. The number of rotatable bonds is 4. The number of amides is 1. The number of nitrogens with one attached hydrogen (secondary N) is 1. The second-order valence-electron chi connectivity index (χ2n) is 5.83. The molecule has 1 saturated carbocycles. The van der Waals surface area contributed by atoms with Crippen LogP contribution < -0.4 is 11.1 Å². The number of aryl methyl sites for hydroxylation is 1. The van der Waals surface area contributed by atoms with Gasteiger partial charge in [-0.25, -0.2) is 0 Å². The Balaban J connectivity index is 1.78. The van der Waals surface area contributed by atoms with E-state index in [1.54, 1.807) is 0 Å². The van der Waals surface area contributed by atoms with Crippen LogP contribution in [0.2, 0.25) is 0 Å². The van der Waals surface area contributed by atoms with Crippen molar-refractivity contribution >= 4 is 17.3 Å².